The van der Waals surface area contributed by atoms with Crippen LogP contribution in [-0.4, -0.2) is 68.2 Å². The Morgan fingerprint density at radius 2 is 2.11 bits per heavy atom. The standard InChI is InChI=1S/C13H27N3O2/c1-3-15(8-9-18-2)12(11-14)10-13(17)16-6-4-5-7-16/h12H,3-11,14H2,1-2H3. The van der Waals surface area contributed by atoms with E-state index >= 15 is 0 Å². The van der Waals surface area contributed by atoms with Crippen LogP contribution in [0.2, 0.25) is 0 Å². The highest BCUT2D eigenvalue weighted by atomic mass is 16.5. The van der Waals surface area contributed by atoms with Crippen LogP contribution in [0.5, 0.6) is 0 Å². The highest BCUT2D eigenvalue weighted by Gasteiger charge is 2.24. The highest BCUT2D eigenvalue weighted by Crippen LogP contribution is 2.12. The molecule has 1 atom stereocenters. The third-order valence-electron chi connectivity index (χ3n) is 3.65. The number of ether oxygens (including phenoxy) is 1. The normalized spacial score (nSPS) is 17.4. The first-order valence-corrected chi connectivity index (χ1v) is 6.93. The van der Waals surface area contributed by atoms with Gasteiger partial charge in [-0.05, 0) is 19.4 Å². The summed E-state index contributed by atoms with van der Waals surface area (Å²) in [6, 6.07) is 0.137. The molecule has 0 saturated carbocycles. The van der Waals surface area contributed by atoms with E-state index in [2.05, 4.69) is 11.8 Å². The second kappa shape index (κ2) is 8.45. The summed E-state index contributed by atoms with van der Waals surface area (Å²) in [6.07, 6.45) is 2.81. The number of hydrogen-bond acceptors (Lipinski definition) is 4. The maximum Gasteiger partial charge on any atom is 0.224 e. The minimum Gasteiger partial charge on any atom is -0.383 e. The molecule has 0 spiro atoms. The topological polar surface area (TPSA) is 58.8 Å². The highest BCUT2D eigenvalue weighted by molar-refractivity contribution is 5.77. The zero-order valence-electron chi connectivity index (χ0n) is 11.7. The molecular formula is C13H27N3O2. The lowest BCUT2D eigenvalue weighted by Crippen LogP contribution is -2.45. The fourth-order valence-corrected chi connectivity index (χ4v) is 2.47. The molecular weight excluding hydrogens is 230 g/mol. The smallest absolute Gasteiger partial charge is 0.224 e. The Balaban J connectivity index is 2.44. The van der Waals surface area contributed by atoms with Gasteiger partial charge < -0.3 is 15.4 Å². The quantitative estimate of drug-likeness (QED) is 0.679. The molecule has 0 aliphatic carbocycles. The van der Waals surface area contributed by atoms with Crippen molar-refractivity contribution >= 4 is 5.91 Å². The van der Waals surface area contributed by atoms with Crippen molar-refractivity contribution in [3.63, 3.8) is 0 Å². The molecule has 1 rings (SSSR count). The van der Waals surface area contributed by atoms with Gasteiger partial charge in [0.05, 0.1) is 6.61 Å². The largest absolute Gasteiger partial charge is 0.383 e. The fourth-order valence-electron chi connectivity index (χ4n) is 2.47. The van der Waals surface area contributed by atoms with Gasteiger partial charge in [-0.3, -0.25) is 9.69 Å². The molecule has 0 radical (unpaired) electrons. The van der Waals surface area contributed by atoms with E-state index in [4.69, 9.17) is 10.5 Å². The van der Waals surface area contributed by atoms with Crippen molar-refractivity contribution in [2.75, 3.05) is 46.4 Å². The van der Waals surface area contributed by atoms with Crippen LogP contribution in [0, 0.1) is 0 Å². The van der Waals surface area contributed by atoms with Crippen LogP contribution < -0.4 is 5.73 Å². The van der Waals surface area contributed by atoms with Crippen LogP contribution in [0.1, 0.15) is 26.2 Å². The molecule has 0 aromatic carbocycles. The number of nitrogens with two attached hydrogens (primary N) is 1. The van der Waals surface area contributed by atoms with Crippen LogP contribution in [0.3, 0.4) is 0 Å². The minimum atomic E-state index is 0.137. The number of hydrogen-bond donors (Lipinski definition) is 1. The molecule has 1 fully saturated rings. The zero-order chi connectivity index (χ0) is 13.4. The third kappa shape index (κ3) is 4.55. The van der Waals surface area contributed by atoms with Crippen LogP contribution in [0.25, 0.3) is 0 Å². The van der Waals surface area contributed by atoms with Crippen LogP contribution in [0.4, 0.5) is 0 Å². The van der Waals surface area contributed by atoms with Crippen LogP contribution in [0.15, 0.2) is 0 Å². The molecule has 5 nitrogen and oxygen atoms in total. The average molecular weight is 257 g/mol. The predicted octanol–water partition coefficient (Wildman–Crippen LogP) is 0.295. The van der Waals surface area contributed by atoms with Crippen molar-refractivity contribution in [1.82, 2.24) is 9.80 Å². The number of likely N-dealkylation sites (N-methyl/N-ethyl adjacent to an activating group) is 1. The van der Waals surface area contributed by atoms with E-state index in [-0.39, 0.29) is 11.9 Å². The Bertz CT molecular complexity index is 242. The number of rotatable bonds is 8. The maximum atomic E-state index is 12.1. The molecule has 106 valence electrons. The monoisotopic (exact) mass is 257 g/mol. The Kier molecular flexibility index (Phi) is 7.23. The number of amides is 1. The molecule has 1 saturated heterocycles. The minimum absolute atomic E-state index is 0.137. The number of methoxy groups -OCH3 is 1. The second-order valence-corrected chi connectivity index (χ2v) is 4.80. The van der Waals surface area contributed by atoms with E-state index in [9.17, 15) is 4.79 Å². The van der Waals surface area contributed by atoms with Gasteiger partial charge in [0.1, 0.15) is 0 Å². The third-order valence-corrected chi connectivity index (χ3v) is 3.65. The fraction of sp³-hybridized carbons (Fsp3) is 0.923. The van der Waals surface area contributed by atoms with Crippen LogP contribution >= 0.6 is 0 Å². The zero-order valence-corrected chi connectivity index (χ0v) is 11.7. The lowest BCUT2D eigenvalue weighted by Gasteiger charge is -2.30. The molecule has 0 bridgehead atoms. The summed E-state index contributed by atoms with van der Waals surface area (Å²) in [5, 5.41) is 0. The van der Waals surface area contributed by atoms with Crippen molar-refractivity contribution < 1.29 is 9.53 Å². The van der Waals surface area contributed by atoms with Gasteiger partial charge in [0.2, 0.25) is 5.91 Å². The van der Waals surface area contributed by atoms with E-state index in [1.807, 2.05) is 4.90 Å². The van der Waals surface area contributed by atoms with Crippen molar-refractivity contribution in [2.24, 2.45) is 5.73 Å². The van der Waals surface area contributed by atoms with Gasteiger partial charge in [-0.25, -0.2) is 0 Å². The van der Waals surface area contributed by atoms with Gasteiger partial charge in [-0.15, -0.1) is 0 Å². The van der Waals surface area contributed by atoms with Gasteiger partial charge >= 0.3 is 0 Å². The van der Waals surface area contributed by atoms with E-state index in [1.54, 1.807) is 7.11 Å². The SMILES string of the molecule is CCN(CCOC)C(CN)CC(=O)N1CCCC1. The number of carbonyl (C=O) groups excluding carboxylic acids is 1. The first-order valence-electron chi connectivity index (χ1n) is 6.93. The Labute approximate surface area is 110 Å². The molecule has 18 heavy (non-hydrogen) atoms. The molecule has 1 aliphatic heterocycles. The van der Waals surface area contributed by atoms with Gasteiger partial charge in [0, 0.05) is 45.8 Å². The molecule has 0 aromatic rings. The van der Waals surface area contributed by atoms with Crippen molar-refractivity contribution in [3.05, 3.63) is 0 Å². The van der Waals surface area contributed by atoms with E-state index < -0.39 is 0 Å². The molecule has 1 unspecified atom stereocenters. The molecule has 1 amide bonds. The summed E-state index contributed by atoms with van der Waals surface area (Å²) in [5.41, 5.74) is 5.81. The van der Waals surface area contributed by atoms with Crippen molar-refractivity contribution in [1.29, 1.82) is 0 Å². The summed E-state index contributed by atoms with van der Waals surface area (Å²) in [4.78, 5) is 16.3. The predicted molar refractivity (Wildman–Crippen MR) is 72.4 cm³/mol. The van der Waals surface area contributed by atoms with Gasteiger partial charge in [-0.1, -0.05) is 6.92 Å². The Morgan fingerprint density at radius 1 is 1.44 bits per heavy atom. The maximum absolute atomic E-state index is 12.1. The van der Waals surface area contributed by atoms with E-state index in [0.29, 0.717) is 19.6 Å². The summed E-state index contributed by atoms with van der Waals surface area (Å²) in [6.45, 7) is 6.87. The van der Waals surface area contributed by atoms with E-state index in [1.165, 1.54) is 0 Å². The van der Waals surface area contributed by atoms with Crippen molar-refractivity contribution in [3.8, 4) is 0 Å². The van der Waals surface area contributed by atoms with Crippen molar-refractivity contribution in [2.45, 2.75) is 32.2 Å². The average Bonchev–Trinajstić information content (AvgIpc) is 2.91. The number of carbonyl (C=O) groups is 1. The summed E-state index contributed by atoms with van der Waals surface area (Å²) in [7, 11) is 1.70. The first-order chi connectivity index (χ1) is 8.72. The molecule has 1 aliphatic rings. The molecule has 0 aromatic heterocycles. The molecule has 5 heteroatoms. The number of nitrogens with zero attached hydrogens (tertiary/aromatic N) is 2. The van der Waals surface area contributed by atoms with Gasteiger partial charge in [0.25, 0.3) is 0 Å². The number of likely N-dealkylation sites (tertiary alicyclic amines) is 1. The first kappa shape index (κ1) is 15.4. The lowest BCUT2D eigenvalue weighted by atomic mass is 10.1. The van der Waals surface area contributed by atoms with Gasteiger partial charge in [0.15, 0.2) is 0 Å². The van der Waals surface area contributed by atoms with Crippen LogP contribution in [-0.2, 0) is 9.53 Å². The summed E-state index contributed by atoms with van der Waals surface area (Å²) < 4.78 is 5.10. The van der Waals surface area contributed by atoms with Gasteiger partial charge in [-0.2, -0.15) is 0 Å². The van der Waals surface area contributed by atoms with E-state index in [0.717, 1.165) is 39.0 Å². The second-order valence-electron chi connectivity index (χ2n) is 4.80. The summed E-state index contributed by atoms with van der Waals surface area (Å²) in [5.74, 6) is 0.249. The Hall–Kier alpha value is -0.650. The summed E-state index contributed by atoms with van der Waals surface area (Å²) >= 11 is 0. The molecule has 1 heterocycles. The molecule has 2 N–H and O–H groups in total. The Morgan fingerprint density at radius 3 is 2.61 bits per heavy atom. The lowest BCUT2D eigenvalue weighted by molar-refractivity contribution is -0.131.